The smallest absolute Gasteiger partial charge is 0.340 e. The number of alkyl halides is 4. The van der Waals surface area contributed by atoms with Gasteiger partial charge in [-0.2, -0.15) is 8.78 Å². The lowest BCUT2D eigenvalue weighted by Gasteiger charge is -2.14. The van der Waals surface area contributed by atoms with E-state index in [1.165, 1.54) is 24.5 Å². The SMILES string of the molecule is O=C(OCC(F)(F)C(F)F)c1ccncc1. The Balaban J connectivity index is 2.54. The maximum atomic E-state index is 12.4. The molecule has 88 valence electrons. The van der Waals surface area contributed by atoms with Crippen molar-refractivity contribution >= 4 is 5.97 Å². The van der Waals surface area contributed by atoms with Gasteiger partial charge in [0, 0.05) is 12.4 Å². The minimum Gasteiger partial charge on any atom is -0.455 e. The Bertz CT molecular complexity index is 356. The van der Waals surface area contributed by atoms with Gasteiger partial charge in [-0.1, -0.05) is 0 Å². The lowest BCUT2D eigenvalue weighted by Crippen LogP contribution is -2.33. The van der Waals surface area contributed by atoms with Crippen molar-refractivity contribution in [1.29, 1.82) is 0 Å². The first-order valence-corrected chi connectivity index (χ1v) is 4.16. The molecule has 0 aliphatic carbocycles. The zero-order valence-electron chi connectivity index (χ0n) is 7.87. The molecule has 16 heavy (non-hydrogen) atoms. The van der Waals surface area contributed by atoms with E-state index in [1.807, 2.05) is 0 Å². The van der Waals surface area contributed by atoms with Gasteiger partial charge in [-0.3, -0.25) is 4.98 Å². The third-order valence-electron chi connectivity index (χ3n) is 1.63. The first-order chi connectivity index (χ1) is 7.43. The highest BCUT2D eigenvalue weighted by Crippen LogP contribution is 2.23. The van der Waals surface area contributed by atoms with E-state index in [4.69, 9.17) is 0 Å². The predicted octanol–water partition coefficient (Wildman–Crippen LogP) is 2.14. The fourth-order valence-electron chi connectivity index (χ4n) is 0.796. The fraction of sp³-hybridized carbons (Fsp3) is 0.333. The largest absolute Gasteiger partial charge is 0.455 e. The Morgan fingerprint density at radius 2 is 1.94 bits per heavy atom. The summed E-state index contributed by atoms with van der Waals surface area (Å²) in [7, 11) is 0. The van der Waals surface area contributed by atoms with Crippen LogP contribution in [-0.4, -0.2) is 29.9 Å². The molecule has 7 heteroatoms. The average molecular weight is 237 g/mol. The van der Waals surface area contributed by atoms with E-state index in [9.17, 15) is 22.4 Å². The average Bonchev–Trinajstić information content (AvgIpc) is 2.27. The molecule has 0 fully saturated rings. The Kier molecular flexibility index (Phi) is 3.81. The zero-order valence-corrected chi connectivity index (χ0v) is 7.87. The van der Waals surface area contributed by atoms with Crippen LogP contribution in [-0.2, 0) is 4.74 Å². The number of halogens is 4. The molecule has 1 rings (SSSR count). The molecule has 0 aromatic carbocycles. The monoisotopic (exact) mass is 237 g/mol. The molecule has 0 N–H and O–H groups in total. The minimum atomic E-state index is -4.33. The number of nitrogens with zero attached hydrogens (tertiary/aromatic N) is 1. The number of hydrogen-bond donors (Lipinski definition) is 0. The molecular weight excluding hydrogens is 230 g/mol. The van der Waals surface area contributed by atoms with Crippen molar-refractivity contribution in [3.8, 4) is 0 Å². The molecule has 3 nitrogen and oxygen atoms in total. The molecule has 0 aliphatic rings. The van der Waals surface area contributed by atoms with Gasteiger partial charge in [0.1, 0.15) is 0 Å². The summed E-state index contributed by atoms with van der Waals surface area (Å²) in [6.07, 6.45) is -1.36. The van der Waals surface area contributed by atoms with Crippen molar-refractivity contribution in [3.63, 3.8) is 0 Å². The van der Waals surface area contributed by atoms with Crippen LogP contribution < -0.4 is 0 Å². The number of ether oxygens (including phenoxy) is 1. The van der Waals surface area contributed by atoms with Gasteiger partial charge < -0.3 is 4.74 Å². The number of hydrogen-bond acceptors (Lipinski definition) is 3. The predicted molar refractivity (Wildman–Crippen MR) is 45.5 cm³/mol. The van der Waals surface area contributed by atoms with E-state index >= 15 is 0 Å². The summed E-state index contributed by atoms with van der Waals surface area (Å²) in [6.45, 7) is -1.65. The summed E-state index contributed by atoms with van der Waals surface area (Å²) in [5.74, 6) is -5.43. The molecule has 1 heterocycles. The molecule has 1 aromatic heterocycles. The molecule has 0 bridgehead atoms. The number of pyridine rings is 1. The van der Waals surface area contributed by atoms with Crippen LogP contribution in [0.1, 0.15) is 10.4 Å². The van der Waals surface area contributed by atoms with Crippen LogP contribution in [0.25, 0.3) is 0 Å². The number of esters is 1. The van der Waals surface area contributed by atoms with Crippen LogP contribution in [0.4, 0.5) is 17.6 Å². The van der Waals surface area contributed by atoms with E-state index in [-0.39, 0.29) is 5.56 Å². The molecule has 1 aromatic rings. The molecular formula is C9H7F4NO2. The molecule has 0 amide bonds. The van der Waals surface area contributed by atoms with Crippen LogP contribution in [0.2, 0.25) is 0 Å². The summed E-state index contributed by atoms with van der Waals surface area (Å²) in [5, 5.41) is 0. The van der Waals surface area contributed by atoms with Crippen LogP contribution in [0, 0.1) is 0 Å². The van der Waals surface area contributed by atoms with Gasteiger partial charge in [0.25, 0.3) is 0 Å². The van der Waals surface area contributed by atoms with Gasteiger partial charge in [0.05, 0.1) is 5.56 Å². The number of carbonyl (C=O) groups is 1. The summed E-state index contributed by atoms with van der Waals surface area (Å²) >= 11 is 0. The van der Waals surface area contributed by atoms with Crippen LogP contribution in [0.5, 0.6) is 0 Å². The maximum absolute atomic E-state index is 12.4. The van der Waals surface area contributed by atoms with E-state index < -0.39 is 24.9 Å². The zero-order chi connectivity index (χ0) is 12.2. The molecule has 0 spiro atoms. The van der Waals surface area contributed by atoms with E-state index in [0.29, 0.717) is 0 Å². The first-order valence-electron chi connectivity index (χ1n) is 4.16. The van der Waals surface area contributed by atoms with E-state index in [1.54, 1.807) is 0 Å². The molecule has 0 aliphatic heterocycles. The number of carbonyl (C=O) groups excluding carboxylic acids is 1. The number of rotatable bonds is 4. The van der Waals surface area contributed by atoms with Crippen LogP contribution >= 0.6 is 0 Å². The summed E-state index contributed by atoms with van der Waals surface area (Å²) in [5.41, 5.74) is -0.0277. The molecule has 0 saturated heterocycles. The molecule has 0 saturated carbocycles. The lowest BCUT2D eigenvalue weighted by molar-refractivity contribution is -0.155. The van der Waals surface area contributed by atoms with Gasteiger partial charge in [-0.25, -0.2) is 13.6 Å². The van der Waals surface area contributed by atoms with Gasteiger partial charge >= 0.3 is 18.3 Å². The first kappa shape index (κ1) is 12.4. The second-order valence-electron chi connectivity index (χ2n) is 2.87. The molecule has 0 unspecified atom stereocenters. The lowest BCUT2D eigenvalue weighted by atomic mass is 10.3. The van der Waals surface area contributed by atoms with Crippen molar-refractivity contribution < 1.29 is 27.1 Å². The fourth-order valence-corrected chi connectivity index (χ4v) is 0.796. The standard InChI is InChI=1S/C9H7F4NO2/c10-8(11)9(12,13)5-16-7(15)6-1-3-14-4-2-6/h1-4,8H,5H2. The topological polar surface area (TPSA) is 39.2 Å². The third-order valence-corrected chi connectivity index (χ3v) is 1.63. The van der Waals surface area contributed by atoms with Crippen LogP contribution in [0.15, 0.2) is 24.5 Å². The van der Waals surface area contributed by atoms with Crippen molar-refractivity contribution in [2.24, 2.45) is 0 Å². The minimum absolute atomic E-state index is 0.0277. The second kappa shape index (κ2) is 4.91. The Morgan fingerprint density at radius 3 is 2.44 bits per heavy atom. The normalized spacial score (nSPS) is 11.6. The van der Waals surface area contributed by atoms with Crippen molar-refractivity contribution in [1.82, 2.24) is 4.98 Å². The summed E-state index contributed by atoms with van der Waals surface area (Å²) < 4.78 is 52.3. The molecule has 0 radical (unpaired) electrons. The van der Waals surface area contributed by atoms with Crippen molar-refractivity contribution in [2.75, 3.05) is 6.61 Å². The third kappa shape index (κ3) is 3.18. The highest BCUT2D eigenvalue weighted by Gasteiger charge is 2.42. The van der Waals surface area contributed by atoms with Gasteiger partial charge in [0.2, 0.25) is 0 Å². The summed E-state index contributed by atoms with van der Waals surface area (Å²) in [4.78, 5) is 14.7. The second-order valence-corrected chi connectivity index (χ2v) is 2.87. The molecule has 0 atom stereocenters. The highest BCUT2D eigenvalue weighted by molar-refractivity contribution is 5.89. The quantitative estimate of drug-likeness (QED) is 0.594. The van der Waals surface area contributed by atoms with E-state index in [0.717, 1.165) is 0 Å². The van der Waals surface area contributed by atoms with Crippen LogP contribution in [0.3, 0.4) is 0 Å². The number of aromatic nitrogens is 1. The van der Waals surface area contributed by atoms with Crippen molar-refractivity contribution in [3.05, 3.63) is 30.1 Å². The summed E-state index contributed by atoms with van der Waals surface area (Å²) in [6, 6.07) is 2.45. The Morgan fingerprint density at radius 1 is 1.38 bits per heavy atom. The Hall–Kier alpha value is -1.66. The van der Waals surface area contributed by atoms with Gasteiger partial charge in [-0.05, 0) is 12.1 Å². The highest BCUT2D eigenvalue weighted by atomic mass is 19.3. The van der Waals surface area contributed by atoms with E-state index in [2.05, 4.69) is 9.72 Å². The van der Waals surface area contributed by atoms with Crippen molar-refractivity contribution in [2.45, 2.75) is 12.3 Å². The van der Waals surface area contributed by atoms with Gasteiger partial charge in [0.15, 0.2) is 6.61 Å². The van der Waals surface area contributed by atoms with Gasteiger partial charge in [-0.15, -0.1) is 0 Å². The Labute approximate surface area is 88.0 Å². The maximum Gasteiger partial charge on any atom is 0.340 e.